The predicted octanol–water partition coefficient (Wildman–Crippen LogP) is 2.15. The Balaban J connectivity index is 1.89. The lowest BCUT2D eigenvalue weighted by molar-refractivity contribution is -1.91. The molecule has 2 aromatic rings. The Bertz CT molecular complexity index is 1160. The average Bonchev–Trinajstić information content (AvgIpc) is 2.78. The van der Waals surface area contributed by atoms with Crippen LogP contribution in [-0.4, -0.2) is 38.3 Å². The summed E-state index contributed by atoms with van der Waals surface area (Å²) in [5.74, 6) is 0. The van der Waals surface area contributed by atoms with Gasteiger partial charge in [-0.25, -0.2) is 0 Å². The number of hydrogen-bond acceptors (Lipinski definition) is 6. The van der Waals surface area contributed by atoms with Crippen molar-refractivity contribution in [2.24, 2.45) is 0 Å². The van der Waals surface area contributed by atoms with Crippen molar-refractivity contribution in [2.75, 3.05) is 38.0 Å². The Morgan fingerprint density at radius 2 is 1.21 bits per heavy atom. The zero-order valence-corrected chi connectivity index (χ0v) is 20.9. The van der Waals surface area contributed by atoms with Gasteiger partial charge in [0, 0.05) is 44.5 Å². The molecule has 3 rings (SSSR count). The summed E-state index contributed by atoms with van der Waals surface area (Å²) in [6, 6.07) is 15.6. The van der Waals surface area contributed by atoms with E-state index in [4.69, 9.17) is 0 Å². The largest absolute Gasteiger partial charge is 0.378 e. The van der Waals surface area contributed by atoms with E-state index in [1.165, 1.54) is 6.08 Å². The SMILES string of the molecule is CN(C)c1ccc(C=CC2=CC(O)=S(O[Cl+3]([O-])([O-])[O-])C(C=Cc3ccc(N(C)C)cc3)=C2)cc1. The van der Waals surface area contributed by atoms with E-state index in [9.17, 15) is 19.1 Å². The molecular formula is C25H27ClN2O5S. The first-order chi connectivity index (χ1) is 16.0. The van der Waals surface area contributed by atoms with E-state index >= 15 is 0 Å². The van der Waals surface area contributed by atoms with Gasteiger partial charge in [0.15, 0.2) is 10.8 Å². The molecule has 180 valence electrons. The van der Waals surface area contributed by atoms with Crippen molar-refractivity contribution in [3.8, 4) is 0 Å². The number of rotatable bonds is 8. The first kappa shape index (κ1) is 25.9. The molecule has 1 N–H and O–H groups in total. The van der Waals surface area contributed by atoms with Crippen LogP contribution >= 0.6 is 10.8 Å². The first-order valence-corrected chi connectivity index (χ1v) is 12.7. The van der Waals surface area contributed by atoms with Crippen LogP contribution in [0.5, 0.6) is 0 Å². The lowest BCUT2D eigenvalue weighted by Gasteiger charge is -2.17. The predicted molar refractivity (Wildman–Crippen MR) is 132 cm³/mol. The van der Waals surface area contributed by atoms with Crippen molar-refractivity contribution >= 4 is 39.3 Å². The lowest BCUT2D eigenvalue weighted by atomic mass is 10.1. The van der Waals surface area contributed by atoms with Crippen LogP contribution in [0.25, 0.3) is 12.2 Å². The molecule has 0 saturated carbocycles. The summed E-state index contributed by atoms with van der Waals surface area (Å²) < 4.78 is 38.3. The second kappa shape index (κ2) is 11.2. The second-order valence-electron chi connectivity index (χ2n) is 7.88. The fourth-order valence-corrected chi connectivity index (χ4v) is 5.15. The Morgan fingerprint density at radius 1 is 0.735 bits per heavy atom. The fourth-order valence-electron chi connectivity index (χ4n) is 3.07. The minimum Gasteiger partial charge on any atom is -0.378 e. The van der Waals surface area contributed by atoms with Gasteiger partial charge in [0.25, 0.3) is 0 Å². The number of hydrogen-bond donors (Lipinski definition) is 1. The second-order valence-corrected chi connectivity index (χ2v) is 10.6. The number of allylic oxidation sites excluding steroid dienone is 4. The van der Waals surface area contributed by atoms with Gasteiger partial charge in [-0.2, -0.15) is 14.0 Å². The van der Waals surface area contributed by atoms with Crippen LogP contribution in [0.1, 0.15) is 11.1 Å². The summed E-state index contributed by atoms with van der Waals surface area (Å²) in [6.07, 6.45) is 10.1. The molecule has 1 atom stereocenters. The molecule has 2 aromatic carbocycles. The quantitative estimate of drug-likeness (QED) is 0.551. The zero-order valence-electron chi connectivity index (χ0n) is 19.3. The van der Waals surface area contributed by atoms with Gasteiger partial charge < -0.3 is 14.9 Å². The van der Waals surface area contributed by atoms with Crippen molar-refractivity contribution in [3.05, 3.63) is 94.4 Å². The van der Waals surface area contributed by atoms with Gasteiger partial charge in [-0.3, -0.25) is 0 Å². The number of halogens is 1. The number of aliphatic hydroxyl groups is 1. The molecule has 1 unspecified atom stereocenters. The molecule has 1 heterocycles. The summed E-state index contributed by atoms with van der Waals surface area (Å²) in [6.45, 7) is 0. The van der Waals surface area contributed by atoms with Gasteiger partial charge in [-0.1, -0.05) is 42.5 Å². The smallest absolute Gasteiger partial charge is 0.170 e. The molecule has 9 heteroatoms. The molecule has 34 heavy (non-hydrogen) atoms. The summed E-state index contributed by atoms with van der Waals surface area (Å²) in [4.78, 5) is 4.33. The lowest BCUT2D eigenvalue weighted by Crippen LogP contribution is -2.60. The molecule has 0 amide bonds. The maximum absolute atomic E-state index is 11.2. The van der Waals surface area contributed by atoms with Crippen LogP contribution < -0.4 is 23.8 Å². The van der Waals surface area contributed by atoms with Gasteiger partial charge in [-0.05, 0) is 59.2 Å². The highest BCUT2D eigenvalue weighted by molar-refractivity contribution is 8.15. The van der Waals surface area contributed by atoms with E-state index in [1.807, 2.05) is 92.6 Å². The van der Waals surface area contributed by atoms with E-state index in [0.29, 0.717) is 10.5 Å². The van der Waals surface area contributed by atoms with E-state index < -0.39 is 21.0 Å². The van der Waals surface area contributed by atoms with Crippen LogP contribution in [0.3, 0.4) is 0 Å². The number of nitrogens with zero attached hydrogens (tertiary/aromatic N) is 2. The Hall–Kier alpha value is -2.69. The Morgan fingerprint density at radius 3 is 1.65 bits per heavy atom. The fraction of sp³-hybridized carbons (Fsp3) is 0.160. The zero-order chi connectivity index (χ0) is 24.9. The van der Waals surface area contributed by atoms with Crippen LogP contribution in [0.15, 0.2) is 83.3 Å². The summed E-state index contributed by atoms with van der Waals surface area (Å²) in [7, 11) is 1.35. The van der Waals surface area contributed by atoms with E-state index in [2.05, 4.69) is 3.74 Å². The van der Waals surface area contributed by atoms with Crippen molar-refractivity contribution in [1.29, 1.82) is 0 Å². The number of benzene rings is 2. The van der Waals surface area contributed by atoms with Crippen molar-refractivity contribution in [3.63, 3.8) is 0 Å². The minimum absolute atomic E-state index is 0.348. The highest BCUT2D eigenvalue weighted by atomic mass is 35.7. The molecule has 0 spiro atoms. The first-order valence-electron chi connectivity index (χ1n) is 10.3. The van der Waals surface area contributed by atoms with Crippen molar-refractivity contribution < 1.29 is 33.1 Å². The Labute approximate surface area is 204 Å². The Kier molecular flexibility index (Phi) is 8.51. The van der Waals surface area contributed by atoms with E-state index in [1.54, 1.807) is 24.3 Å². The summed E-state index contributed by atoms with van der Waals surface area (Å²) in [5, 5.41) is 10.1. The molecule has 0 radical (unpaired) electrons. The van der Waals surface area contributed by atoms with Gasteiger partial charge in [0.2, 0.25) is 0 Å². The molecule has 1 aliphatic rings. The van der Waals surface area contributed by atoms with Crippen LogP contribution in [-0.2, 0) is 3.74 Å². The highest BCUT2D eigenvalue weighted by Crippen LogP contribution is 2.36. The molecule has 1 aliphatic heterocycles. The monoisotopic (exact) mass is 502 g/mol. The number of anilines is 2. The maximum Gasteiger partial charge on any atom is 0.170 e. The topological polar surface area (TPSA) is 105 Å². The third-order valence-corrected chi connectivity index (χ3v) is 7.17. The molecule has 0 aromatic heterocycles. The number of aliphatic hydroxyl groups excluding tert-OH is 1. The van der Waals surface area contributed by atoms with Gasteiger partial charge >= 0.3 is 0 Å². The molecule has 0 fully saturated rings. The normalized spacial score (nSPS) is 16.7. The van der Waals surface area contributed by atoms with E-state index in [-0.39, 0.29) is 5.05 Å². The molecule has 0 saturated heterocycles. The molecule has 0 aliphatic carbocycles. The van der Waals surface area contributed by atoms with E-state index in [0.717, 1.165) is 22.5 Å². The van der Waals surface area contributed by atoms with Gasteiger partial charge in [0.05, 0.1) is 10.2 Å². The average molecular weight is 503 g/mol. The highest BCUT2D eigenvalue weighted by Gasteiger charge is 2.28. The van der Waals surface area contributed by atoms with Gasteiger partial charge in [-0.15, -0.1) is 0 Å². The van der Waals surface area contributed by atoms with Crippen molar-refractivity contribution in [1.82, 2.24) is 0 Å². The minimum atomic E-state index is -4.73. The molecule has 7 nitrogen and oxygen atoms in total. The van der Waals surface area contributed by atoms with Crippen LogP contribution in [0, 0.1) is 10.2 Å². The molecule has 0 bridgehead atoms. The summed E-state index contributed by atoms with van der Waals surface area (Å²) in [5.41, 5.74) is 4.56. The molecular weight excluding hydrogens is 476 g/mol. The van der Waals surface area contributed by atoms with Gasteiger partial charge in [0.1, 0.15) is 8.79 Å². The summed E-state index contributed by atoms with van der Waals surface area (Å²) >= 11 is 0. The standard InChI is InChI=1S/C25H27ClN2O5S/c1-27(2)22-12-7-19(8-13-22)5-6-21-17-24(34(25(29)18-21)33-26(30,31)32)16-11-20-9-14-23(15-10-20)28(3)4/h5-18,29H,1-4H3. The van der Waals surface area contributed by atoms with Crippen LogP contribution in [0.4, 0.5) is 11.4 Å². The van der Waals surface area contributed by atoms with Crippen molar-refractivity contribution in [2.45, 2.75) is 0 Å². The third-order valence-electron chi connectivity index (χ3n) is 4.87. The maximum atomic E-state index is 11.2. The third kappa shape index (κ3) is 7.41. The van der Waals surface area contributed by atoms with Crippen LogP contribution in [0.2, 0.25) is 0 Å².